The molecule has 1 aliphatic rings. The molecule has 0 aromatic heterocycles. The standard InChI is InChI=1S/C15H19NO3/c1-15(2,12-6-4-3-5-7-12)14(19)16-9-8-11(10-16)13(17)18/h3-7,11H,8-10H2,1-2H3,(H,17,18). The first-order chi connectivity index (χ1) is 8.93. The maximum atomic E-state index is 12.6. The summed E-state index contributed by atoms with van der Waals surface area (Å²) in [6, 6.07) is 9.61. The van der Waals surface area contributed by atoms with Crippen LogP contribution in [-0.2, 0) is 15.0 Å². The molecule has 0 saturated carbocycles. The van der Waals surface area contributed by atoms with Gasteiger partial charge in [0.15, 0.2) is 0 Å². The fraction of sp³-hybridized carbons (Fsp3) is 0.467. The van der Waals surface area contributed by atoms with Crippen molar-refractivity contribution in [2.45, 2.75) is 25.7 Å². The van der Waals surface area contributed by atoms with E-state index in [1.165, 1.54) is 0 Å². The van der Waals surface area contributed by atoms with Crippen LogP contribution in [-0.4, -0.2) is 35.0 Å². The molecule has 1 aromatic rings. The van der Waals surface area contributed by atoms with Gasteiger partial charge in [-0.25, -0.2) is 0 Å². The van der Waals surface area contributed by atoms with Gasteiger partial charge < -0.3 is 10.0 Å². The quantitative estimate of drug-likeness (QED) is 0.904. The van der Waals surface area contributed by atoms with E-state index in [0.29, 0.717) is 19.5 Å². The highest BCUT2D eigenvalue weighted by atomic mass is 16.4. The Morgan fingerprint density at radius 2 is 1.89 bits per heavy atom. The highest BCUT2D eigenvalue weighted by Crippen LogP contribution is 2.28. The molecule has 4 heteroatoms. The van der Waals surface area contributed by atoms with Crippen molar-refractivity contribution < 1.29 is 14.7 Å². The third-order valence-corrected chi connectivity index (χ3v) is 3.85. The summed E-state index contributed by atoms with van der Waals surface area (Å²) in [7, 11) is 0. The highest BCUT2D eigenvalue weighted by molar-refractivity contribution is 5.88. The number of carbonyl (C=O) groups is 2. The molecule has 1 atom stereocenters. The Morgan fingerprint density at radius 1 is 1.26 bits per heavy atom. The van der Waals surface area contributed by atoms with E-state index in [0.717, 1.165) is 5.56 Å². The van der Waals surface area contributed by atoms with Gasteiger partial charge in [-0.05, 0) is 25.8 Å². The Balaban J connectivity index is 2.14. The predicted octanol–water partition coefficient (Wildman–Crippen LogP) is 1.90. The van der Waals surface area contributed by atoms with Gasteiger partial charge in [-0.2, -0.15) is 0 Å². The largest absolute Gasteiger partial charge is 0.481 e. The van der Waals surface area contributed by atoms with Crippen molar-refractivity contribution >= 4 is 11.9 Å². The smallest absolute Gasteiger partial charge is 0.308 e. The van der Waals surface area contributed by atoms with Crippen LogP contribution in [0.1, 0.15) is 25.8 Å². The first-order valence-corrected chi connectivity index (χ1v) is 6.50. The number of hydrogen-bond donors (Lipinski definition) is 1. The van der Waals surface area contributed by atoms with Crippen LogP contribution >= 0.6 is 0 Å². The third-order valence-electron chi connectivity index (χ3n) is 3.85. The molecule has 19 heavy (non-hydrogen) atoms. The van der Waals surface area contributed by atoms with Crippen LogP contribution in [0.4, 0.5) is 0 Å². The van der Waals surface area contributed by atoms with Gasteiger partial charge in [0.1, 0.15) is 0 Å². The van der Waals surface area contributed by atoms with Gasteiger partial charge in [0, 0.05) is 13.1 Å². The molecule has 1 amide bonds. The number of nitrogens with zero attached hydrogens (tertiary/aromatic N) is 1. The number of likely N-dealkylation sites (tertiary alicyclic amines) is 1. The highest BCUT2D eigenvalue weighted by Gasteiger charge is 2.38. The van der Waals surface area contributed by atoms with E-state index in [9.17, 15) is 9.59 Å². The molecule has 4 nitrogen and oxygen atoms in total. The number of rotatable bonds is 3. The second kappa shape index (κ2) is 5.03. The van der Waals surface area contributed by atoms with E-state index in [2.05, 4.69) is 0 Å². The Bertz CT molecular complexity index is 481. The first kappa shape index (κ1) is 13.6. The van der Waals surface area contributed by atoms with Gasteiger partial charge in [0.2, 0.25) is 5.91 Å². The number of amides is 1. The molecule has 1 heterocycles. The maximum Gasteiger partial charge on any atom is 0.308 e. The molecule has 1 fully saturated rings. The molecule has 102 valence electrons. The van der Waals surface area contributed by atoms with Crippen LogP contribution in [0.2, 0.25) is 0 Å². The van der Waals surface area contributed by atoms with Crippen molar-refractivity contribution in [2.75, 3.05) is 13.1 Å². The SMILES string of the molecule is CC(C)(C(=O)N1CCC(C(=O)O)C1)c1ccccc1. The molecule has 2 rings (SSSR count). The van der Waals surface area contributed by atoms with E-state index in [1.54, 1.807) is 4.90 Å². The average Bonchev–Trinajstić information content (AvgIpc) is 2.88. The lowest BCUT2D eigenvalue weighted by atomic mass is 9.83. The van der Waals surface area contributed by atoms with Crippen molar-refractivity contribution in [3.05, 3.63) is 35.9 Å². The summed E-state index contributed by atoms with van der Waals surface area (Å²) >= 11 is 0. The lowest BCUT2D eigenvalue weighted by Gasteiger charge is -2.29. The molecular weight excluding hydrogens is 242 g/mol. The second-order valence-corrected chi connectivity index (χ2v) is 5.57. The van der Waals surface area contributed by atoms with Crippen LogP contribution < -0.4 is 0 Å². The summed E-state index contributed by atoms with van der Waals surface area (Å²) in [6.45, 7) is 4.63. The average molecular weight is 261 g/mol. The monoisotopic (exact) mass is 261 g/mol. The number of benzene rings is 1. The number of carboxylic acids is 1. The van der Waals surface area contributed by atoms with E-state index in [4.69, 9.17) is 5.11 Å². The van der Waals surface area contributed by atoms with E-state index < -0.39 is 17.3 Å². The summed E-state index contributed by atoms with van der Waals surface area (Å²) in [6.07, 6.45) is 0.548. The maximum absolute atomic E-state index is 12.6. The molecule has 1 unspecified atom stereocenters. The Hall–Kier alpha value is -1.84. The van der Waals surface area contributed by atoms with Crippen molar-refractivity contribution in [3.63, 3.8) is 0 Å². The van der Waals surface area contributed by atoms with Crippen molar-refractivity contribution in [1.29, 1.82) is 0 Å². The predicted molar refractivity (Wildman–Crippen MR) is 71.8 cm³/mol. The number of carboxylic acid groups (broad SMARTS) is 1. The molecule has 1 aromatic carbocycles. The van der Waals surface area contributed by atoms with E-state index >= 15 is 0 Å². The number of carbonyl (C=O) groups excluding carboxylic acids is 1. The number of hydrogen-bond acceptors (Lipinski definition) is 2. The number of aliphatic carboxylic acids is 1. The molecule has 1 aliphatic heterocycles. The Morgan fingerprint density at radius 3 is 2.42 bits per heavy atom. The fourth-order valence-corrected chi connectivity index (χ4v) is 2.52. The second-order valence-electron chi connectivity index (χ2n) is 5.57. The topological polar surface area (TPSA) is 57.6 Å². The minimum absolute atomic E-state index is 0.00227. The minimum atomic E-state index is -0.812. The van der Waals surface area contributed by atoms with Crippen molar-refractivity contribution in [1.82, 2.24) is 4.90 Å². The summed E-state index contributed by atoms with van der Waals surface area (Å²) in [4.78, 5) is 25.2. The molecule has 0 bridgehead atoms. The lowest BCUT2D eigenvalue weighted by molar-refractivity contribution is -0.141. The van der Waals surface area contributed by atoms with E-state index in [1.807, 2.05) is 44.2 Å². The summed E-state index contributed by atoms with van der Waals surface area (Å²) < 4.78 is 0. The molecule has 0 aliphatic carbocycles. The van der Waals surface area contributed by atoms with Crippen LogP contribution in [0, 0.1) is 5.92 Å². The van der Waals surface area contributed by atoms with E-state index in [-0.39, 0.29) is 5.91 Å². The molecule has 0 spiro atoms. The third kappa shape index (κ3) is 2.62. The lowest BCUT2D eigenvalue weighted by Crippen LogP contribution is -2.42. The summed E-state index contributed by atoms with van der Waals surface area (Å²) in [5, 5.41) is 8.99. The zero-order valence-corrected chi connectivity index (χ0v) is 11.3. The summed E-state index contributed by atoms with van der Waals surface area (Å²) in [5.41, 5.74) is 0.341. The van der Waals surface area contributed by atoms with Crippen LogP contribution in [0.5, 0.6) is 0 Å². The summed E-state index contributed by atoms with van der Waals surface area (Å²) in [5.74, 6) is -1.23. The van der Waals surface area contributed by atoms with Crippen LogP contribution in [0.15, 0.2) is 30.3 Å². The zero-order chi connectivity index (χ0) is 14.0. The minimum Gasteiger partial charge on any atom is -0.481 e. The van der Waals surface area contributed by atoms with Crippen LogP contribution in [0.3, 0.4) is 0 Å². The van der Waals surface area contributed by atoms with Gasteiger partial charge in [-0.15, -0.1) is 0 Å². The molecular formula is C15H19NO3. The Kier molecular flexibility index (Phi) is 3.60. The molecule has 0 radical (unpaired) electrons. The fourth-order valence-electron chi connectivity index (χ4n) is 2.52. The molecule has 1 N–H and O–H groups in total. The normalized spacial score (nSPS) is 19.5. The zero-order valence-electron chi connectivity index (χ0n) is 11.3. The molecule has 1 saturated heterocycles. The van der Waals surface area contributed by atoms with Gasteiger partial charge >= 0.3 is 5.97 Å². The van der Waals surface area contributed by atoms with Gasteiger partial charge in [0.05, 0.1) is 11.3 Å². The van der Waals surface area contributed by atoms with Gasteiger partial charge in [0.25, 0.3) is 0 Å². The van der Waals surface area contributed by atoms with Crippen molar-refractivity contribution in [2.24, 2.45) is 5.92 Å². The van der Waals surface area contributed by atoms with Crippen LogP contribution in [0.25, 0.3) is 0 Å². The Labute approximate surface area is 113 Å². The first-order valence-electron chi connectivity index (χ1n) is 6.50. The van der Waals surface area contributed by atoms with Gasteiger partial charge in [-0.3, -0.25) is 9.59 Å². The van der Waals surface area contributed by atoms with Gasteiger partial charge in [-0.1, -0.05) is 30.3 Å². The van der Waals surface area contributed by atoms with Crippen molar-refractivity contribution in [3.8, 4) is 0 Å².